The molecule has 9 nitrogen and oxygen atoms in total. The number of carbonyl (C=O) groups excluding carboxylic acids is 2. The summed E-state index contributed by atoms with van der Waals surface area (Å²) in [5, 5.41) is 46.8. The van der Waals surface area contributed by atoms with Crippen molar-refractivity contribution in [1.82, 2.24) is 0 Å². The predicted octanol–water partition coefficient (Wildman–Crippen LogP) is 1.65. The fourth-order valence-electron chi connectivity index (χ4n) is 7.64. The van der Waals surface area contributed by atoms with Crippen molar-refractivity contribution in [2.45, 2.75) is 89.2 Å². The molecular formula is C29H37O9Y26-. The summed E-state index contributed by atoms with van der Waals surface area (Å²) in [6.45, 7) is 8.15. The molecule has 26 radical (unpaired) electrons. The standard InChI is InChI=1S/C29H37O9.26Y/c1-15-18(31)13-29(35)24(37-25(34)17-9-7-6-8-10-17)23-27(5,12-19(32)22(15)26(29,3)4)20(33)11-21-28(23,14-36-21)38-16(2)30;;;;;;;;;;;;;;;;;;;;;;;;;;/h6-10,12,18-21,23-24,31-33,35H,11,13-14H2,1-5H3;;;;;;;;;;;;;;;;;;;;;;;;;;/q-1;;;;;;;;;;;;;;;;;;;;;;;;;;. The van der Waals surface area contributed by atoms with E-state index in [-0.39, 0.29) is 875 Å². The Morgan fingerprint density at radius 1 is 0.672 bits per heavy atom. The third kappa shape index (κ3) is 41.0. The number of aliphatic hydroxyl groups is 4. The van der Waals surface area contributed by atoms with Gasteiger partial charge in [-0.1, -0.05) is 44.5 Å². The van der Waals surface area contributed by atoms with Crippen LogP contribution >= 0.6 is 0 Å². The van der Waals surface area contributed by atoms with Gasteiger partial charge in [-0.3, -0.25) is 11.2 Å². The second kappa shape index (κ2) is 76.8. The van der Waals surface area contributed by atoms with Gasteiger partial charge in [-0.25, -0.2) is 4.79 Å². The van der Waals surface area contributed by atoms with Crippen molar-refractivity contribution in [3.8, 4) is 0 Å². The molecule has 286 valence electrons. The van der Waals surface area contributed by atoms with Crippen LogP contribution in [-0.2, 0) is 869 Å². The zero-order chi connectivity index (χ0) is 27.8. The molecule has 2 saturated carbocycles. The molecule has 1 aromatic rings. The molecule has 1 heterocycles. The summed E-state index contributed by atoms with van der Waals surface area (Å²) in [5.74, 6) is -2.31. The SMILES string of the molecule is CC(=O)OC12COC1CC(O)C1(C)[CH-]C(O)C3=C(C)C(O)CC(O)(C(OC(=O)c4ccccc4)C12)C3(C)C.[Y].[Y].[Y].[Y].[Y].[Y].[Y].[Y].[Y].[Y].[Y].[Y].[Y].[Y].[Y].[Y].[Y].[Y].[Y].[Y].[Y].[Y].[Y].[Y].[Y].[Y]. The second-order valence-corrected chi connectivity index (χ2v) is 12.1. The number of carbonyl (C=O) groups is 2. The van der Waals surface area contributed by atoms with Crippen LogP contribution in [0.2, 0.25) is 0 Å². The Labute approximate surface area is 1040 Å². The van der Waals surface area contributed by atoms with E-state index in [9.17, 15) is 30.0 Å². The monoisotopic (exact) mass is 2840 g/mol. The van der Waals surface area contributed by atoms with Crippen molar-refractivity contribution in [2.75, 3.05) is 6.61 Å². The first-order valence-electron chi connectivity index (χ1n) is 13.1. The summed E-state index contributed by atoms with van der Waals surface area (Å²) in [7, 11) is 0. The maximum absolute atomic E-state index is 13.6. The van der Waals surface area contributed by atoms with Gasteiger partial charge < -0.3 is 34.6 Å². The zero-order valence-electron chi connectivity index (χ0n) is 37.4. The smallest absolute Gasteiger partial charge is 0.338 e. The molecule has 3 aliphatic carbocycles. The molecule has 3 fully saturated rings. The van der Waals surface area contributed by atoms with E-state index >= 15 is 0 Å². The van der Waals surface area contributed by atoms with E-state index in [1.54, 1.807) is 64.4 Å². The summed E-state index contributed by atoms with van der Waals surface area (Å²) in [4.78, 5) is 26.0. The summed E-state index contributed by atoms with van der Waals surface area (Å²) in [6, 6.07) is 8.33. The average molecular weight is 2840 g/mol. The maximum atomic E-state index is 13.6. The first-order chi connectivity index (χ1) is 17.7. The molecule has 1 aliphatic heterocycles. The van der Waals surface area contributed by atoms with Gasteiger partial charge in [0.1, 0.15) is 17.8 Å². The van der Waals surface area contributed by atoms with Crippen molar-refractivity contribution in [3.63, 3.8) is 0 Å². The Morgan fingerprint density at radius 3 is 1.41 bits per heavy atom. The fraction of sp³-hybridized carbons (Fsp3) is 0.621. The van der Waals surface area contributed by atoms with Crippen molar-refractivity contribution in [1.29, 1.82) is 0 Å². The van der Waals surface area contributed by atoms with Crippen molar-refractivity contribution < 1.29 is 895 Å². The molecule has 5 rings (SSSR count). The average Bonchev–Trinajstić information content (AvgIpc) is 2.83. The van der Waals surface area contributed by atoms with Gasteiger partial charge in [-0.15, -0.1) is 5.41 Å². The van der Waals surface area contributed by atoms with Crippen LogP contribution in [0.1, 0.15) is 57.8 Å². The molecule has 2 bridgehead atoms. The zero-order valence-corrected chi connectivity index (χ0v) is 111. The maximum Gasteiger partial charge on any atom is 0.338 e. The Bertz CT molecular complexity index is 1220. The topological polar surface area (TPSA) is 143 Å². The minimum atomic E-state index is -1.92. The van der Waals surface area contributed by atoms with E-state index in [0.29, 0.717) is 11.1 Å². The van der Waals surface area contributed by atoms with Gasteiger partial charge in [0.05, 0.1) is 18.3 Å². The fourth-order valence-corrected chi connectivity index (χ4v) is 7.64. The predicted molar refractivity (Wildman–Crippen MR) is 134 cm³/mol. The van der Waals surface area contributed by atoms with E-state index in [2.05, 4.69) is 0 Å². The molecule has 1 aromatic carbocycles. The first kappa shape index (κ1) is 154. The van der Waals surface area contributed by atoms with Gasteiger partial charge >= 0.3 is 11.9 Å². The number of fused-ring (bicyclic) bond motifs is 5. The van der Waals surface area contributed by atoms with Gasteiger partial charge in [0.15, 0.2) is 5.60 Å². The number of esters is 2. The minimum Gasteiger partial charge on any atom is -0.455 e. The number of rotatable bonds is 3. The van der Waals surface area contributed by atoms with Crippen molar-refractivity contribution >= 4 is 11.9 Å². The molecule has 4 aliphatic rings. The molecule has 0 spiro atoms. The van der Waals surface area contributed by atoms with Gasteiger partial charge in [0, 0.05) is 888 Å². The van der Waals surface area contributed by atoms with Gasteiger partial charge in [0.25, 0.3) is 0 Å². The Hall–Kier alpha value is 26.4. The van der Waals surface area contributed by atoms with Gasteiger partial charge in [-0.05, 0) is 30.7 Å². The molecule has 4 N–H and O–H groups in total. The van der Waals surface area contributed by atoms with Crippen LogP contribution in [-0.4, -0.2) is 80.7 Å². The molecule has 0 aromatic heterocycles. The van der Waals surface area contributed by atoms with Crippen LogP contribution in [0.4, 0.5) is 0 Å². The largest absolute Gasteiger partial charge is 0.455 e. The van der Waals surface area contributed by atoms with Crippen molar-refractivity contribution in [2.24, 2.45) is 16.7 Å². The number of benzene rings is 1. The third-order valence-corrected chi connectivity index (χ3v) is 9.76. The Balaban J connectivity index is -0.0000000339. The summed E-state index contributed by atoms with van der Waals surface area (Å²) < 4.78 is 17.9. The molecule has 35 heteroatoms. The van der Waals surface area contributed by atoms with Crippen LogP contribution < -0.4 is 0 Å². The van der Waals surface area contributed by atoms with Gasteiger partial charge in [-0.2, -0.15) is 0 Å². The van der Waals surface area contributed by atoms with Crippen LogP contribution in [0, 0.1) is 23.2 Å². The second-order valence-electron chi connectivity index (χ2n) is 12.1. The Kier molecular flexibility index (Phi) is 185. The summed E-state index contributed by atoms with van der Waals surface area (Å²) in [5.41, 5.74) is -4.56. The van der Waals surface area contributed by atoms with Gasteiger partial charge in [0.2, 0.25) is 0 Å². The molecule has 0 amide bonds. The molecule has 1 saturated heterocycles. The molecule has 9 unspecified atom stereocenters. The number of aliphatic hydroxyl groups excluding tert-OH is 3. The van der Waals surface area contributed by atoms with E-state index in [1.807, 2.05) is 0 Å². The van der Waals surface area contributed by atoms with Crippen LogP contribution in [0.15, 0.2) is 41.5 Å². The summed E-state index contributed by atoms with van der Waals surface area (Å²) >= 11 is 0. The van der Waals surface area contributed by atoms with E-state index in [1.165, 1.54) is 6.92 Å². The van der Waals surface area contributed by atoms with E-state index < -0.39 is 70.4 Å². The Morgan fingerprint density at radius 2 is 1.06 bits per heavy atom. The number of hydrogen-bond donors (Lipinski definition) is 4. The van der Waals surface area contributed by atoms with E-state index in [0.717, 1.165) is 0 Å². The first-order valence-corrected chi connectivity index (χ1v) is 13.1. The molecule has 64 heavy (non-hydrogen) atoms. The number of hydrogen-bond acceptors (Lipinski definition) is 9. The van der Waals surface area contributed by atoms with Crippen LogP contribution in [0.5, 0.6) is 0 Å². The number of ether oxygens (including phenoxy) is 3. The van der Waals surface area contributed by atoms with Crippen LogP contribution in [0.25, 0.3) is 0 Å². The summed E-state index contributed by atoms with van der Waals surface area (Å²) in [6.07, 6.45) is -4.01. The van der Waals surface area contributed by atoms with E-state index in [4.69, 9.17) is 14.2 Å². The minimum absolute atomic E-state index is 0. The van der Waals surface area contributed by atoms with Crippen molar-refractivity contribution in [3.05, 3.63) is 53.5 Å². The third-order valence-electron chi connectivity index (χ3n) is 9.76. The quantitative estimate of drug-likeness (QED) is 0.202. The van der Waals surface area contributed by atoms with Crippen LogP contribution in [0.3, 0.4) is 0 Å². The normalized spacial score (nSPS) is 25.8. The molecular weight excluding hydrogens is 2800 g/mol. The molecule has 9 atom stereocenters.